The van der Waals surface area contributed by atoms with Crippen LogP contribution in [0.25, 0.3) is 6.08 Å². The Balaban J connectivity index is 0.00000256. The Bertz CT molecular complexity index is 1030. The number of nitro groups is 1. The molecule has 1 heterocycles. The highest BCUT2D eigenvalue weighted by Gasteiger charge is 2.43. The van der Waals surface area contributed by atoms with E-state index in [-0.39, 0.29) is 22.9 Å². The molecule has 0 unspecified atom stereocenters. The first-order valence-electron chi connectivity index (χ1n) is 9.19. The zero-order valence-electron chi connectivity index (χ0n) is 16.0. The number of hydrogen-bond acceptors (Lipinski definition) is 3. The lowest BCUT2D eigenvalue weighted by Crippen LogP contribution is -3.00. The van der Waals surface area contributed by atoms with E-state index in [0.29, 0.717) is 5.76 Å². The minimum Gasteiger partial charge on any atom is -1.00 e. The van der Waals surface area contributed by atoms with Crippen molar-refractivity contribution in [3.05, 3.63) is 125 Å². The molecule has 0 aliphatic carbocycles. The second-order valence-electron chi connectivity index (χ2n) is 6.48. The molecular weight excluding hydrogens is 461 g/mol. The predicted molar refractivity (Wildman–Crippen MR) is 120 cm³/mol. The third-order valence-electron chi connectivity index (χ3n) is 4.75. The fourth-order valence-corrected chi connectivity index (χ4v) is 7.12. The van der Waals surface area contributed by atoms with Gasteiger partial charge in [0.25, 0.3) is 0 Å². The van der Waals surface area contributed by atoms with Crippen molar-refractivity contribution in [2.75, 3.05) is 0 Å². The van der Waals surface area contributed by atoms with E-state index in [9.17, 15) is 10.1 Å². The lowest BCUT2D eigenvalue weighted by molar-refractivity contribution is -0.402. The molecule has 3 aromatic carbocycles. The Kier molecular flexibility index (Phi) is 6.99. The molecule has 150 valence electrons. The van der Waals surface area contributed by atoms with Crippen LogP contribution < -0.4 is 32.9 Å². The maximum atomic E-state index is 11.0. The highest BCUT2D eigenvalue weighted by atomic mass is 79.9. The lowest BCUT2D eigenvalue weighted by atomic mass is 10.4. The average molecular weight is 480 g/mol. The summed E-state index contributed by atoms with van der Waals surface area (Å²) in [5, 5.41) is 14.6. The average Bonchev–Trinajstić information content (AvgIpc) is 3.26. The first kappa shape index (κ1) is 21.7. The van der Waals surface area contributed by atoms with Crippen molar-refractivity contribution in [3.63, 3.8) is 0 Å². The molecule has 4 rings (SSSR count). The van der Waals surface area contributed by atoms with Crippen molar-refractivity contribution in [1.29, 1.82) is 0 Å². The second-order valence-corrected chi connectivity index (χ2v) is 9.77. The molecule has 0 bridgehead atoms. The van der Waals surface area contributed by atoms with Gasteiger partial charge < -0.3 is 21.4 Å². The Hall–Kier alpha value is -3.01. The van der Waals surface area contributed by atoms with Crippen molar-refractivity contribution < 1.29 is 26.3 Å². The lowest BCUT2D eigenvalue weighted by Gasteiger charge is -2.23. The molecule has 0 saturated carbocycles. The molecular formula is C24H19BrNO3P. The summed E-state index contributed by atoms with van der Waals surface area (Å²) >= 11 is 0. The van der Waals surface area contributed by atoms with Crippen LogP contribution in [0.5, 0.6) is 0 Å². The summed E-state index contributed by atoms with van der Waals surface area (Å²) in [6.45, 7) is 0. The van der Waals surface area contributed by atoms with Crippen LogP contribution in [0.3, 0.4) is 0 Å². The molecule has 30 heavy (non-hydrogen) atoms. The molecule has 4 nitrogen and oxygen atoms in total. The van der Waals surface area contributed by atoms with Gasteiger partial charge in [-0.2, -0.15) is 0 Å². The molecule has 0 aliphatic heterocycles. The smallest absolute Gasteiger partial charge is 0.433 e. The summed E-state index contributed by atoms with van der Waals surface area (Å²) in [6.07, 6.45) is 1.85. The molecule has 0 spiro atoms. The largest absolute Gasteiger partial charge is 1.00 e. The number of furan rings is 1. The predicted octanol–water partition coefficient (Wildman–Crippen LogP) is 2.16. The van der Waals surface area contributed by atoms with Gasteiger partial charge in [0.2, 0.25) is 0 Å². The van der Waals surface area contributed by atoms with E-state index in [4.69, 9.17) is 4.42 Å². The van der Waals surface area contributed by atoms with E-state index in [0.717, 1.165) is 0 Å². The number of nitrogens with zero attached hydrogens (tertiary/aromatic N) is 1. The van der Waals surface area contributed by atoms with E-state index >= 15 is 0 Å². The van der Waals surface area contributed by atoms with Crippen LogP contribution in [-0.2, 0) is 0 Å². The third-order valence-corrected chi connectivity index (χ3v) is 8.68. The zero-order valence-corrected chi connectivity index (χ0v) is 18.4. The molecule has 0 saturated heterocycles. The number of benzene rings is 3. The highest BCUT2D eigenvalue weighted by molar-refractivity contribution is 7.98. The number of rotatable bonds is 6. The van der Waals surface area contributed by atoms with Crippen LogP contribution in [0.4, 0.5) is 5.88 Å². The summed E-state index contributed by atoms with van der Waals surface area (Å²) in [5.74, 6) is 2.37. The van der Waals surface area contributed by atoms with Crippen LogP contribution >= 0.6 is 7.26 Å². The molecule has 6 heteroatoms. The maximum absolute atomic E-state index is 11.0. The van der Waals surface area contributed by atoms with Gasteiger partial charge in [-0.25, -0.2) is 0 Å². The molecule has 4 aromatic rings. The van der Waals surface area contributed by atoms with E-state index in [1.807, 2.05) is 60.7 Å². The molecule has 0 radical (unpaired) electrons. The standard InChI is InChI=1S/C24H19NO3P.BrH/c26-25(27)24-17-16-20(28-24)18-19-29(21-10-4-1-5-11-21,22-12-6-2-7-13-22)23-14-8-3-9-15-23;/h1-19H;1H/q+1;/p-1. The quantitative estimate of drug-likeness (QED) is 0.242. The van der Waals surface area contributed by atoms with Gasteiger partial charge in [-0.15, -0.1) is 0 Å². The van der Waals surface area contributed by atoms with Gasteiger partial charge >= 0.3 is 5.88 Å². The Morgan fingerprint density at radius 2 is 1.13 bits per heavy atom. The van der Waals surface area contributed by atoms with E-state index in [2.05, 4.69) is 42.2 Å². The minimum atomic E-state index is -2.14. The molecule has 1 aromatic heterocycles. The molecule has 0 fully saturated rings. The van der Waals surface area contributed by atoms with E-state index < -0.39 is 12.2 Å². The van der Waals surface area contributed by atoms with Gasteiger partial charge in [0, 0.05) is 6.08 Å². The summed E-state index contributed by atoms with van der Waals surface area (Å²) in [6, 6.07) is 34.1. The van der Waals surface area contributed by atoms with Crippen LogP contribution in [0, 0.1) is 10.1 Å². The van der Waals surface area contributed by atoms with Crippen molar-refractivity contribution >= 4 is 35.1 Å². The molecule has 0 aliphatic rings. The fraction of sp³-hybridized carbons (Fsp3) is 0. The SMILES string of the molecule is O=[N+]([O-])c1ccc(C=C[P+](c2ccccc2)(c2ccccc2)c2ccccc2)o1.[Br-]. The number of hydrogen-bond donors (Lipinski definition) is 0. The van der Waals surface area contributed by atoms with Crippen LogP contribution in [0.15, 0.2) is 113 Å². The van der Waals surface area contributed by atoms with Crippen molar-refractivity contribution in [1.82, 2.24) is 0 Å². The number of halogens is 1. The minimum absolute atomic E-state index is 0. The van der Waals surface area contributed by atoms with Crippen molar-refractivity contribution in [2.45, 2.75) is 0 Å². The van der Waals surface area contributed by atoms with Crippen LogP contribution in [-0.4, -0.2) is 4.92 Å². The zero-order chi connectivity index (χ0) is 20.1. The van der Waals surface area contributed by atoms with Crippen molar-refractivity contribution in [2.24, 2.45) is 0 Å². The monoisotopic (exact) mass is 479 g/mol. The topological polar surface area (TPSA) is 56.3 Å². The highest BCUT2D eigenvalue weighted by Crippen LogP contribution is 2.57. The summed E-state index contributed by atoms with van der Waals surface area (Å²) in [4.78, 5) is 10.5. The van der Waals surface area contributed by atoms with Crippen LogP contribution in [0.2, 0.25) is 0 Å². The second kappa shape index (κ2) is 9.66. The fourth-order valence-electron chi connectivity index (χ4n) is 3.41. The van der Waals surface area contributed by atoms with E-state index in [1.54, 1.807) is 6.07 Å². The maximum Gasteiger partial charge on any atom is 0.433 e. The van der Waals surface area contributed by atoms with Gasteiger partial charge in [0.1, 0.15) is 33.9 Å². The normalized spacial score (nSPS) is 11.2. The van der Waals surface area contributed by atoms with Crippen LogP contribution in [0.1, 0.15) is 5.76 Å². The summed E-state index contributed by atoms with van der Waals surface area (Å²) in [5.41, 5.74) is 0. The molecule has 0 amide bonds. The third kappa shape index (κ3) is 4.28. The Morgan fingerprint density at radius 3 is 1.50 bits per heavy atom. The van der Waals surface area contributed by atoms with E-state index in [1.165, 1.54) is 22.0 Å². The molecule has 0 N–H and O–H groups in total. The van der Waals surface area contributed by atoms with Crippen molar-refractivity contribution in [3.8, 4) is 0 Å². The van der Waals surface area contributed by atoms with Gasteiger partial charge in [-0.05, 0) is 42.5 Å². The Labute approximate surface area is 186 Å². The Morgan fingerprint density at radius 1 is 0.700 bits per heavy atom. The van der Waals surface area contributed by atoms with Gasteiger partial charge in [-0.1, -0.05) is 54.6 Å². The first-order chi connectivity index (χ1) is 14.2. The summed E-state index contributed by atoms with van der Waals surface area (Å²) < 4.78 is 5.38. The molecule has 0 atom stereocenters. The van der Waals surface area contributed by atoms with Gasteiger partial charge in [0.15, 0.2) is 0 Å². The van der Waals surface area contributed by atoms with Gasteiger partial charge in [0.05, 0.1) is 11.9 Å². The van der Waals surface area contributed by atoms with Gasteiger partial charge in [-0.3, -0.25) is 10.1 Å². The first-order valence-corrected chi connectivity index (χ1v) is 11.0. The summed E-state index contributed by atoms with van der Waals surface area (Å²) in [7, 11) is -2.14.